The van der Waals surface area contributed by atoms with Gasteiger partial charge in [-0.3, -0.25) is 9.89 Å². The van der Waals surface area contributed by atoms with Crippen molar-refractivity contribution in [1.82, 2.24) is 25.1 Å². The Morgan fingerprint density at radius 2 is 1.97 bits per heavy atom. The zero-order chi connectivity index (χ0) is 23.3. The molecular formula is C21H21F3N6O3. The van der Waals surface area contributed by atoms with Crippen LogP contribution in [0.1, 0.15) is 47.8 Å². The van der Waals surface area contributed by atoms with E-state index in [1.165, 1.54) is 11.2 Å². The van der Waals surface area contributed by atoms with E-state index in [0.717, 1.165) is 6.07 Å². The van der Waals surface area contributed by atoms with Crippen LogP contribution in [0.5, 0.6) is 0 Å². The predicted octanol–water partition coefficient (Wildman–Crippen LogP) is 2.04. The van der Waals surface area contributed by atoms with Crippen molar-refractivity contribution in [3.8, 4) is 0 Å². The number of fused-ring (bicyclic) bond motifs is 1. The molecule has 2 aliphatic rings. The number of hydrogen-bond donors (Lipinski definition) is 4. The highest BCUT2D eigenvalue weighted by Crippen LogP contribution is 2.37. The maximum atomic E-state index is 14.4. The topological polar surface area (TPSA) is 127 Å². The number of carbonyl (C=O) groups excluding carboxylic acids is 1. The van der Waals surface area contributed by atoms with Crippen LogP contribution >= 0.6 is 0 Å². The van der Waals surface area contributed by atoms with Gasteiger partial charge in [-0.15, -0.1) is 0 Å². The summed E-state index contributed by atoms with van der Waals surface area (Å²) in [6.07, 6.45) is 1.15. The smallest absolute Gasteiger partial charge is 0.275 e. The van der Waals surface area contributed by atoms with Gasteiger partial charge in [-0.2, -0.15) is 5.10 Å². The molecule has 1 aliphatic carbocycles. The normalized spacial score (nSPS) is 25.2. The minimum absolute atomic E-state index is 0.0367. The quantitative estimate of drug-likeness (QED) is 0.437. The van der Waals surface area contributed by atoms with Gasteiger partial charge in [0, 0.05) is 18.2 Å². The van der Waals surface area contributed by atoms with Crippen LogP contribution in [0.25, 0.3) is 11.0 Å². The van der Waals surface area contributed by atoms with E-state index in [-0.39, 0.29) is 34.7 Å². The lowest BCUT2D eigenvalue weighted by Crippen LogP contribution is -2.35. The number of rotatable bonds is 4. The van der Waals surface area contributed by atoms with Crippen molar-refractivity contribution in [2.75, 3.05) is 11.9 Å². The Labute approximate surface area is 185 Å². The Morgan fingerprint density at radius 1 is 1.15 bits per heavy atom. The molecule has 1 amide bonds. The molecule has 0 radical (unpaired) electrons. The van der Waals surface area contributed by atoms with Crippen molar-refractivity contribution >= 4 is 22.8 Å². The van der Waals surface area contributed by atoms with Gasteiger partial charge in [-0.05, 0) is 31.7 Å². The summed E-state index contributed by atoms with van der Waals surface area (Å²) in [5, 5.41) is 30.1. The van der Waals surface area contributed by atoms with Gasteiger partial charge >= 0.3 is 0 Å². The molecule has 2 fully saturated rings. The van der Waals surface area contributed by atoms with E-state index in [9.17, 15) is 28.2 Å². The van der Waals surface area contributed by atoms with Gasteiger partial charge in [0.25, 0.3) is 5.91 Å². The summed E-state index contributed by atoms with van der Waals surface area (Å²) in [4.78, 5) is 23.0. The van der Waals surface area contributed by atoms with E-state index in [0.29, 0.717) is 31.7 Å². The lowest BCUT2D eigenvalue weighted by Gasteiger charge is -2.25. The third kappa shape index (κ3) is 3.68. The first kappa shape index (κ1) is 21.6. The predicted molar refractivity (Wildman–Crippen MR) is 110 cm³/mol. The molecule has 3 aromatic rings. The summed E-state index contributed by atoms with van der Waals surface area (Å²) >= 11 is 0. The number of benzene rings is 1. The Kier molecular flexibility index (Phi) is 5.41. The van der Waals surface area contributed by atoms with Crippen LogP contribution in [-0.2, 0) is 0 Å². The van der Waals surface area contributed by atoms with Crippen LogP contribution in [-0.4, -0.2) is 66.0 Å². The van der Waals surface area contributed by atoms with Gasteiger partial charge < -0.3 is 20.4 Å². The van der Waals surface area contributed by atoms with Crippen molar-refractivity contribution < 1.29 is 28.2 Å². The van der Waals surface area contributed by atoms with Crippen LogP contribution in [0, 0.1) is 17.5 Å². The van der Waals surface area contributed by atoms with Crippen molar-refractivity contribution in [3.63, 3.8) is 0 Å². The molecule has 12 heteroatoms. The molecule has 1 saturated carbocycles. The molecular weight excluding hydrogens is 441 g/mol. The van der Waals surface area contributed by atoms with Crippen LogP contribution < -0.4 is 5.32 Å². The number of halogens is 3. The summed E-state index contributed by atoms with van der Waals surface area (Å²) in [7, 11) is 0. The number of aliphatic hydroxyl groups is 2. The average Bonchev–Trinajstić information content (AvgIpc) is 3.52. The van der Waals surface area contributed by atoms with E-state index < -0.39 is 47.7 Å². The van der Waals surface area contributed by atoms with Crippen LogP contribution in [0.2, 0.25) is 0 Å². The van der Waals surface area contributed by atoms with Crippen molar-refractivity contribution in [1.29, 1.82) is 0 Å². The summed E-state index contributed by atoms with van der Waals surface area (Å²) in [6, 6.07) is 0.0209. The maximum Gasteiger partial charge on any atom is 0.275 e. The molecule has 1 aliphatic heterocycles. The lowest BCUT2D eigenvalue weighted by atomic mass is 10.0. The first-order chi connectivity index (χ1) is 15.8. The number of anilines is 1. The van der Waals surface area contributed by atoms with Crippen LogP contribution in [0.4, 0.5) is 19.0 Å². The number of H-pyrrole nitrogens is 1. The van der Waals surface area contributed by atoms with E-state index in [2.05, 4.69) is 25.5 Å². The van der Waals surface area contributed by atoms with Crippen molar-refractivity contribution in [3.05, 3.63) is 47.2 Å². The summed E-state index contributed by atoms with van der Waals surface area (Å²) < 4.78 is 42.0. The first-order valence-electron chi connectivity index (χ1n) is 10.6. The fraction of sp³-hybridized carbons (Fsp3) is 0.429. The molecule has 1 saturated heterocycles. The number of hydrogen-bond acceptors (Lipinski definition) is 7. The molecule has 0 spiro atoms. The number of amides is 1. The van der Waals surface area contributed by atoms with Crippen LogP contribution in [0.15, 0.2) is 18.5 Å². The summed E-state index contributed by atoms with van der Waals surface area (Å²) in [6.45, 7) is 0.249. The minimum atomic E-state index is -1.31. The molecule has 0 unspecified atom stereocenters. The van der Waals surface area contributed by atoms with Gasteiger partial charge in [0.1, 0.15) is 18.0 Å². The van der Waals surface area contributed by atoms with E-state index in [4.69, 9.17) is 0 Å². The number of aliphatic hydroxyl groups excluding tert-OH is 2. The van der Waals surface area contributed by atoms with Crippen LogP contribution in [0.3, 0.4) is 0 Å². The number of nitrogens with one attached hydrogen (secondary N) is 2. The van der Waals surface area contributed by atoms with E-state index in [1.807, 2.05) is 0 Å². The molecule has 4 atom stereocenters. The second-order valence-electron chi connectivity index (χ2n) is 8.35. The maximum absolute atomic E-state index is 14.4. The fourth-order valence-electron chi connectivity index (χ4n) is 4.70. The largest absolute Gasteiger partial charge is 0.390 e. The molecule has 1 aromatic carbocycles. The molecule has 174 valence electrons. The monoisotopic (exact) mass is 462 g/mol. The Hall–Kier alpha value is -3.25. The zero-order valence-electron chi connectivity index (χ0n) is 17.3. The van der Waals surface area contributed by atoms with Crippen molar-refractivity contribution in [2.24, 2.45) is 0 Å². The molecule has 5 rings (SSSR count). The first-order valence-corrected chi connectivity index (χ1v) is 10.6. The second kappa shape index (κ2) is 8.27. The third-order valence-corrected chi connectivity index (χ3v) is 6.36. The third-order valence-electron chi connectivity index (χ3n) is 6.36. The lowest BCUT2D eigenvalue weighted by molar-refractivity contribution is 0.0392. The number of aromatic nitrogens is 4. The average molecular weight is 462 g/mol. The second-order valence-corrected chi connectivity index (χ2v) is 8.35. The van der Waals surface area contributed by atoms with Gasteiger partial charge in [0.05, 0.1) is 29.7 Å². The Bertz CT molecular complexity index is 1220. The summed E-state index contributed by atoms with van der Waals surface area (Å²) in [5.41, 5.74) is 0.00351. The molecule has 4 N–H and O–H groups in total. The molecule has 2 aromatic heterocycles. The number of nitrogens with zero attached hydrogens (tertiary/aromatic N) is 4. The SMILES string of the molecule is O=C(c1n[nH]c2ncnc(N[C@@H]3CC[C@@H](O)[C@H]3O)c12)N1CCC[C@@H]1c1cc(F)cc(F)c1F. The van der Waals surface area contributed by atoms with Crippen molar-refractivity contribution in [2.45, 2.75) is 50.0 Å². The van der Waals surface area contributed by atoms with E-state index >= 15 is 0 Å². The Morgan fingerprint density at radius 3 is 2.73 bits per heavy atom. The van der Waals surface area contributed by atoms with E-state index in [1.54, 1.807) is 0 Å². The van der Waals surface area contributed by atoms with Gasteiger partial charge in [0.15, 0.2) is 23.0 Å². The highest BCUT2D eigenvalue weighted by Gasteiger charge is 2.37. The van der Waals surface area contributed by atoms with Gasteiger partial charge in [0.2, 0.25) is 0 Å². The highest BCUT2D eigenvalue weighted by atomic mass is 19.2. The number of carbonyl (C=O) groups is 1. The number of likely N-dealkylation sites (tertiary alicyclic amines) is 1. The highest BCUT2D eigenvalue weighted by molar-refractivity contribution is 6.07. The minimum Gasteiger partial charge on any atom is -0.390 e. The zero-order valence-corrected chi connectivity index (χ0v) is 17.3. The summed E-state index contributed by atoms with van der Waals surface area (Å²) in [5.74, 6) is -3.75. The Balaban J connectivity index is 1.50. The standard InChI is InChI=1S/C21H21F3N6O3/c22-9-6-10(16(24)11(23)7-9)13-2-1-5-30(13)21(33)17-15-19(25-8-26-20(15)29-28-17)27-12-3-4-14(31)18(12)32/h6-8,12-14,18,31-32H,1-5H2,(H2,25,26,27,28,29)/t12-,13-,14-,18+/m1/s1. The molecule has 9 nitrogen and oxygen atoms in total. The van der Waals surface area contributed by atoms with Gasteiger partial charge in [-0.1, -0.05) is 0 Å². The molecule has 33 heavy (non-hydrogen) atoms. The molecule has 0 bridgehead atoms. The number of aromatic amines is 1. The molecule has 3 heterocycles. The van der Waals surface area contributed by atoms with Gasteiger partial charge in [-0.25, -0.2) is 23.1 Å². The fourth-order valence-corrected chi connectivity index (χ4v) is 4.70.